The Morgan fingerprint density at radius 1 is 0.317 bits per heavy atom. The number of hydrogen-bond acceptors (Lipinski definition) is 3. The Bertz CT molecular complexity index is 3580. The average Bonchev–Trinajstić information content (AvgIpc) is 3.87. The van der Waals surface area contributed by atoms with Gasteiger partial charge in [0.25, 0.3) is 0 Å². The van der Waals surface area contributed by atoms with Gasteiger partial charge in [-0.25, -0.2) is 9.97 Å². The van der Waals surface area contributed by atoms with Gasteiger partial charge in [0.1, 0.15) is 0 Å². The first kappa shape index (κ1) is 34.4. The Morgan fingerprint density at radius 3 is 1.62 bits per heavy atom. The lowest BCUT2D eigenvalue weighted by Gasteiger charge is -2.11. The van der Waals surface area contributed by atoms with Gasteiger partial charge in [0.05, 0.1) is 22.4 Å². The van der Waals surface area contributed by atoms with Crippen molar-refractivity contribution in [3.63, 3.8) is 0 Å². The van der Waals surface area contributed by atoms with Crippen LogP contribution in [0, 0.1) is 0 Å². The van der Waals surface area contributed by atoms with Gasteiger partial charge in [0.15, 0.2) is 5.82 Å². The highest BCUT2D eigenvalue weighted by Gasteiger charge is 2.15. The number of aromatic nitrogens is 3. The van der Waals surface area contributed by atoms with Gasteiger partial charge in [-0.1, -0.05) is 158 Å². The minimum Gasteiger partial charge on any atom is -0.309 e. The molecule has 4 heteroatoms. The summed E-state index contributed by atoms with van der Waals surface area (Å²) in [5, 5.41) is 7.58. The molecule has 0 fully saturated rings. The number of fused-ring (bicyclic) bond motifs is 7. The number of benzene rings is 9. The first-order valence-electron chi connectivity index (χ1n) is 20.3. The van der Waals surface area contributed by atoms with Crippen LogP contribution in [0.1, 0.15) is 0 Å². The Kier molecular flexibility index (Phi) is 8.03. The molecule has 12 aromatic rings. The van der Waals surface area contributed by atoms with E-state index < -0.39 is 0 Å². The largest absolute Gasteiger partial charge is 0.309 e. The van der Waals surface area contributed by atoms with Crippen LogP contribution in [-0.2, 0) is 0 Å². The van der Waals surface area contributed by atoms with Crippen LogP contribution < -0.4 is 0 Å². The fourth-order valence-corrected chi connectivity index (χ4v) is 9.86. The maximum Gasteiger partial charge on any atom is 0.160 e. The average molecular weight is 782 g/mol. The smallest absolute Gasteiger partial charge is 0.160 e. The Morgan fingerprint density at radius 2 is 0.867 bits per heavy atom. The third kappa shape index (κ3) is 5.88. The highest BCUT2D eigenvalue weighted by Crippen LogP contribution is 2.39. The van der Waals surface area contributed by atoms with E-state index in [1.54, 1.807) is 0 Å². The van der Waals surface area contributed by atoms with Crippen LogP contribution in [0.25, 0.3) is 115 Å². The molecule has 0 saturated carbocycles. The number of para-hydroxylation sites is 1. The molecule has 3 aromatic heterocycles. The fraction of sp³-hybridized carbons (Fsp3) is 0. The van der Waals surface area contributed by atoms with Crippen LogP contribution in [0.3, 0.4) is 0 Å². The molecule has 280 valence electrons. The van der Waals surface area contributed by atoms with E-state index in [1.165, 1.54) is 69.4 Å². The van der Waals surface area contributed by atoms with Crippen LogP contribution >= 0.6 is 11.3 Å². The number of thiophene rings is 1. The lowest BCUT2D eigenvalue weighted by Crippen LogP contribution is -1.96. The summed E-state index contributed by atoms with van der Waals surface area (Å²) in [6.07, 6.45) is 0. The third-order valence-corrected chi connectivity index (χ3v) is 13.0. The monoisotopic (exact) mass is 781 g/mol. The van der Waals surface area contributed by atoms with Crippen molar-refractivity contribution in [3.05, 3.63) is 212 Å². The van der Waals surface area contributed by atoms with E-state index in [-0.39, 0.29) is 0 Å². The van der Waals surface area contributed by atoms with Gasteiger partial charge in [-0.05, 0) is 87.6 Å². The Balaban J connectivity index is 0.897. The van der Waals surface area contributed by atoms with Gasteiger partial charge in [0.2, 0.25) is 0 Å². The minimum atomic E-state index is 0.708. The van der Waals surface area contributed by atoms with E-state index >= 15 is 0 Å². The molecule has 0 unspecified atom stereocenters. The van der Waals surface area contributed by atoms with Gasteiger partial charge >= 0.3 is 0 Å². The van der Waals surface area contributed by atoms with Crippen molar-refractivity contribution < 1.29 is 0 Å². The number of nitrogens with zero attached hydrogens (tertiary/aromatic N) is 3. The zero-order chi connectivity index (χ0) is 39.6. The molecule has 0 aliphatic rings. The summed E-state index contributed by atoms with van der Waals surface area (Å²) in [7, 11) is 0. The maximum absolute atomic E-state index is 5.13. The lowest BCUT2D eigenvalue weighted by atomic mass is 9.99. The lowest BCUT2D eigenvalue weighted by molar-refractivity contribution is 1.18. The second-order valence-corrected chi connectivity index (χ2v) is 16.5. The number of rotatable bonds is 6. The molecule has 3 heterocycles. The van der Waals surface area contributed by atoms with Crippen LogP contribution in [0.2, 0.25) is 0 Å². The van der Waals surface area contributed by atoms with Crippen molar-refractivity contribution in [2.75, 3.05) is 0 Å². The van der Waals surface area contributed by atoms with E-state index in [2.05, 4.69) is 199 Å². The molecule has 9 aromatic carbocycles. The standard InChI is InChI=1S/C56H35N3S/c1-2-11-41(12-3-1)56-57-50(35-51(58-56)40-24-20-38(21-25-40)44-28-31-55-49(34-44)47-15-7-9-17-54(47)60-55)39-22-18-37(19-23-39)43-27-30-53-48(33-43)46-14-6-8-16-52(46)59(53)45-29-26-36-10-4-5-13-42(36)32-45/h1-35H. The van der Waals surface area contributed by atoms with Crippen LogP contribution in [0.5, 0.6) is 0 Å². The fourth-order valence-electron chi connectivity index (χ4n) is 8.78. The van der Waals surface area contributed by atoms with Crippen molar-refractivity contribution in [1.29, 1.82) is 0 Å². The highest BCUT2D eigenvalue weighted by molar-refractivity contribution is 7.25. The molecule has 0 saturated heterocycles. The third-order valence-electron chi connectivity index (χ3n) is 11.8. The summed E-state index contributed by atoms with van der Waals surface area (Å²) in [5.74, 6) is 0.708. The second kappa shape index (κ2) is 14.0. The van der Waals surface area contributed by atoms with E-state index in [0.29, 0.717) is 5.82 Å². The summed E-state index contributed by atoms with van der Waals surface area (Å²) in [4.78, 5) is 10.2. The van der Waals surface area contributed by atoms with Crippen molar-refractivity contribution in [2.45, 2.75) is 0 Å². The molecule has 0 aliphatic carbocycles. The minimum absolute atomic E-state index is 0.708. The van der Waals surface area contributed by atoms with Crippen LogP contribution in [-0.4, -0.2) is 14.5 Å². The van der Waals surface area contributed by atoms with E-state index in [9.17, 15) is 0 Å². The topological polar surface area (TPSA) is 30.7 Å². The summed E-state index contributed by atoms with van der Waals surface area (Å²) in [6, 6.07) is 76.3. The number of hydrogen-bond donors (Lipinski definition) is 0. The van der Waals surface area contributed by atoms with Crippen molar-refractivity contribution in [2.24, 2.45) is 0 Å². The molecule has 0 bridgehead atoms. The SMILES string of the molecule is c1ccc(-c2nc(-c3ccc(-c4ccc5sc6ccccc6c5c4)cc3)cc(-c3ccc(-c4ccc5c(c4)c4ccccc4n5-c4ccc5ccccc5c4)cc3)n2)cc1. The molecule has 0 radical (unpaired) electrons. The molecule has 0 aliphatic heterocycles. The molecule has 3 nitrogen and oxygen atoms in total. The zero-order valence-electron chi connectivity index (χ0n) is 32.5. The van der Waals surface area contributed by atoms with Crippen molar-refractivity contribution in [3.8, 4) is 61.8 Å². The zero-order valence-corrected chi connectivity index (χ0v) is 33.3. The summed E-state index contributed by atoms with van der Waals surface area (Å²) in [5.41, 5.74) is 13.1. The van der Waals surface area contributed by atoms with Gasteiger partial charge in [-0.3, -0.25) is 0 Å². The van der Waals surface area contributed by atoms with E-state index in [4.69, 9.17) is 9.97 Å². The predicted octanol–water partition coefficient (Wildman–Crippen LogP) is 15.4. The van der Waals surface area contributed by atoms with Gasteiger partial charge in [-0.2, -0.15) is 0 Å². The van der Waals surface area contributed by atoms with Crippen molar-refractivity contribution >= 4 is 64.1 Å². The first-order chi connectivity index (χ1) is 29.7. The van der Waals surface area contributed by atoms with Gasteiger partial charge in [0, 0.05) is 53.3 Å². The Labute approximate surface area is 351 Å². The second-order valence-electron chi connectivity index (χ2n) is 15.4. The maximum atomic E-state index is 5.13. The quantitative estimate of drug-likeness (QED) is 0.168. The molecule has 0 spiro atoms. The molecule has 0 N–H and O–H groups in total. The molecule has 0 amide bonds. The predicted molar refractivity (Wildman–Crippen MR) is 254 cm³/mol. The van der Waals surface area contributed by atoms with E-state index in [1.807, 2.05) is 29.5 Å². The first-order valence-corrected chi connectivity index (χ1v) is 21.1. The summed E-state index contributed by atoms with van der Waals surface area (Å²) < 4.78 is 5.02. The Hall–Kier alpha value is -7.66. The summed E-state index contributed by atoms with van der Waals surface area (Å²) >= 11 is 1.85. The van der Waals surface area contributed by atoms with Crippen LogP contribution in [0.15, 0.2) is 212 Å². The molecular formula is C56H35N3S. The molecular weight excluding hydrogens is 747 g/mol. The summed E-state index contributed by atoms with van der Waals surface area (Å²) in [6.45, 7) is 0. The normalized spacial score (nSPS) is 11.7. The van der Waals surface area contributed by atoms with Gasteiger partial charge in [-0.15, -0.1) is 11.3 Å². The molecule has 60 heavy (non-hydrogen) atoms. The van der Waals surface area contributed by atoms with Crippen LogP contribution in [0.4, 0.5) is 0 Å². The van der Waals surface area contributed by atoms with Crippen molar-refractivity contribution in [1.82, 2.24) is 14.5 Å². The van der Waals surface area contributed by atoms with Gasteiger partial charge < -0.3 is 4.57 Å². The highest BCUT2D eigenvalue weighted by atomic mass is 32.1. The van der Waals surface area contributed by atoms with E-state index in [0.717, 1.165) is 39.3 Å². The molecule has 12 rings (SSSR count). The molecule has 0 atom stereocenters.